The number of benzene rings is 1. The lowest BCUT2D eigenvalue weighted by Crippen LogP contribution is -2.33. The normalized spacial score (nSPS) is 10.7. The highest BCUT2D eigenvalue weighted by molar-refractivity contribution is 6.06. The van der Waals surface area contributed by atoms with E-state index < -0.39 is 0 Å². The summed E-state index contributed by atoms with van der Waals surface area (Å²) < 4.78 is 9.98. The van der Waals surface area contributed by atoms with Crippen molar-refractivity contribution in [2.75, 3.05) is 31.8 Å². The Bertz CT molecular complexity index is 742. The number of carbonyl (C=O) groups excluding carboxylic acids is 2. The summed E-state index contributed by atoms with van der Waals surface area (Å²) in [6, 6.07) is 10.7. The number of hydrogen-bond acceptors (Lipinski definition) is 5. The topological polar surface area (TPSA) is 68.7 Å². The van der Waals surface area contributed by atoms with Crippen LogP contribution in [0.15, 0.2) is 54.9 Å². The standard InChI is InChI=1S/C20H22N2O4/c1-3-26-19(23)9-6-16-4-7-18(8-5-16)22(14-15-25-2)20(24)17-10-12-21-13-11-17/h4-13H,3,14-15H2,1-2H3/b9-6+. The minimum Gasteiger partial charge on any atom is -0.463 e. The maximum absolute atomic E-state index is 12.8. The maximum Gasteiger partial charge on any atom is 0.330 e. The van der Waals surface area contributed by atoms with Gasteiger partial charge in [0.05, 0.1) is 13.2 Å². The molecule has 2 aromatic rings. The summed E-state index contributed by atoms with van der Waals surface area (Å²) in [5.41, 5.74) is 2.14. The van der Waals surface area contributed by atoms with Gasteiger partial charge in [0.1, 0.15) is 0 Å². The number of aromatic nitrogens is 1. The van der Waals surface area contributed by atoms with Crippen LogP contribution in [-0.4, -0.2) is 43.7 Å². The first-order valence-corrected chi connectivity index (χ1v) is 8.31. The molecule has 1 amide bonds. The Kier molecular flexibility index (Phi) is 7.51. The fraction of sp³-hybridized carbons (Fsp3) is 0.250. The number of hydrogen-bond donors (Lipinski definition) is 0. The first kappa shape index (κ1) is 19.3. The van der Waals surface area contributed by atoms with Gasteiger partial charge >= 0.3 is 5.97 Å². The highest BCUT2D eigenvalue weighted by Crippen LogP contribution is 2.19. The van der Waals surface area contributed by atoms with Crippen LogP contribution in [0.5, 0.6) is 0 Å². The van der Waals surface area contributed by atoms with Crippen molar-refractivity contribution in [3.63, 3.8) is 0 Å². The van der Waals surface area contributed by atoms with E-state index in [0.29, 0.717) is 25.3 Å². The third-order valence-corrected chi connectivity index (χ3v) is 3.59. The van der Waals surface area contributed by atoms with Crippen LogP contribution in [0.25, 0.3) is 6.08 Å². The van der Waals surface area contributed by atoms with E-state index in [2.05, 4.69) is 4.98 Å². The molecule has 0 N–H and O–H groups in total. The molecule has 1 heterocycles. The second-order valence-corrected chi connectivity index (χ2v) is 5.36. The number of esters is 1. The lowest BCUT2D eigenvalue weighted by atomic mass is 10.1. The molecule has 0 saturated carbocycles. The zero-order chi connectivity index (χ0) is 18.8. The summed E-state index contributed by atoms with van der Waals surface area (Å²) in [6.07, 6.45) is 6.23. The van der Waals surface area contributed by atoms with E-state index in [1.165, 1.54) is 6.08 Å². The van der Waals surface area contributed by atoms with E-state index in [1.54, 1.807) is 49.5 Å². The smallest absolute Gasteiger partial charge is 0.330 e. The van der Waals surface area contributed by atoms with Gasteiger partial charge in [0.15, 0.2) is 0 Å². The van der Waals surface area contributed by atoms with Crippen LogP contribution in [-0.2, 0) is 14.3 Å². The Morgan fingerprint density at radius 1 is 1.12 bits per heavy atom. The Morgan fingerprint density at radius 2 is 1.81 bits per heavy atom. The summed E-state index contributed by atoms with van der Waals surface area (Å²) >= 11 is 0. The Balaban J connectivity index is 2.17. The minimum atomic E-state index is -0.383. The van der Waals surface area contributed by atoms with Crippen molar-refractivity contribution in [1.82, 2.24) is 4.98 Å². The van der Waals surface area contributed by atoms with Crippen LogP contribution in [0.3, 0.4) is 0 Å². The van der Waals surface area contributed by atoms with Crippen LogP contribution < -0.4 is 4.90 Å². The first-order chi connectivity index (χ1) is 12.7. The second kappa shape index (κ2) is 10.1. The van der Waals surface area contributed by atoms with E-state index in [-0.39, 0.29) is 11.9 Å². The number of anilines is 1. The van der Waals surface area contributed by atoms with Gasteiger partial charge in [0.2, 0.25) is 0 Å². The van der Waals surface area contributed by atoms with Gasteiger partial charge in [0.25, 0.3) is 5.91 Å². The maximum atomic E-state index is 12.8. The molecule has 6 nitrogen and oxygen atoms in total. The summed E-state index contributed by atoms with van der Waals surface area (Å²) in [4.78, 5) is 29.8. The van der Waals surface area contributed by atoms with E-state index in [4.69, 9.17) is 9.47 Å². The first-order valence-electron chi connectivity index (χ1n) is 8.31. The zero-order valence-electron chi connectivity index (χ0n) is 14.9. The molecule has 0 unspecified atom stereocenters. The largest absolute Gasteiger partial charge is 0.463 e. The monoisotopic (exact) mass is 354 g/mol. The number of pyridine rings is 1. The number of nitrogens with zero attached hydrogens (tertiary/aromatic N) is 2. The van der Waals surface area contributed by atoms with Crippen LogP contribution in [0.1, 0.15) is 22.8 Å². The van der Waals surface area contributed by atoms with Gasteiger partial charge in [0, 0.05) is 43.4 Å². The van der Waals surface area contributed by atoms with E-state index in [0.717, 1.165) is 11.3 Å². The van der Waals surface area contributed by atoms with Crippen molar-refractivity contribution < 1.29 is 19.1 Å². The molecule has 26 heavy (non-hydrogen) atoms. The number of amides is 1. The predicted molar refractivity (Wildman–Crippen MR) is 99.9 cm³/mol. The van der Waals surface area contributed by atoms with Crippen LogP contribution in [0, 0.1) is 0 Å². The molecular formula is C20H22N2O4. The van der Waals surface area contributed by atoms with Crippen molar-refractivity contribution in [3.8, 4) is 0 Å². The minimum absolute atomic E-state index is 0.126. The highest BCUT2D eigenvalue weighted by atomic mass is 16.5. The lowest BCUT2D eigenvalue weighted by molar-refractivity contribution is -0.137. The highest BCUT2D eigenvalue weighted by Gasteiger charge is 2.17. The molecule has 0 saturated heterocycles. The van der Waals surface area contributed by atoms with Gasteiger partial charge in [-0.05, 0) is 42.8 Å². The molecule has 0 aliphatic rings. The van der Waals surface area contributed by atoms with Gasteiger partial charge in [-0.3, -0.25) is 9.78 Å². The Labute approximate surface area is 153 Å². The van der Waals surface area contributed by atoms with Crippen LogP contribution in [0.2, 0.25) is 0 Å². The Morgan fingerprint density at radius 3 is 2.42 bits per heavy atom. The summed E-state index contributed by atoms with van der Waals surface area (Å²) in [7, 11) is 1.60. The van der Waals surface area contributed by atoms with Crippen molar-refractivity contribution >= 4 is 23.6 Å². The van der Waals surface area contributed by atoms with Gasteiger partial charge < -0.3 is 14.4 Å². The van der Waals surface area contributed by atoms with Crippen LogP contribution >= 0.6 is 0 Å². The second-order valence-electron chi connectivity index (χ2n) is 5.36. The summed E-state index contributed by atoms with van der Waals surface area (Å²) in [6.45, 7) is 2.94. The molecule has 0 bridgehead atoms. The van der Waals surface area contributed by atoms with Gasteiger partial charge in [-0.25, -0.2) is 4.79 Å². The molecule has 136 valence electrons. The number of ether oxygens (including phenoxy) is 2. The molecular weight excluding hydrogens is 332 g/mol. The molecule has 0 fully saturated rings. The quantitative estimate of drug-likeness (QED) is 0.538. The predicted octanol–water partition coefficient (Wildman–Crippen LogP) is 2.95. The molecule has 0 aliphatic heterocycles. The molecule has 2 rings (SSSR count). The summed E-state index contributed by atoms with van der Waals surface area (Å²) in [5, 5.41) is 0. The van der Waals surface area contributed by atoms with Gasteiger partial charge in [-0.1, -0.05) is 12.1 Å². The van der Waals surface area contributed by atoms with Crippen LogP contribution in [0.4, 0.5) is 5.69 Å². The molecule has 1 aromatic heterocycles. The van der Waals surface area contributed by atoms with Crippen molar-refractivity contribution in [3.05, 3.63) is 66.0 Å². The van der Waals surface area contributed by atoms with Crippen molar-refractivity contribution in [2.45, 2.75) is 6.92 Å². The van der Waals surface area contributed by atoms with E-state index >= 15 is 0 Å². The fourth-order valence-corrected chi connectivity index (χ4v) is 2.30. The Hall–Kier alpha value is -2.99. The zero-order valence-corrected chi connectivity index (χ0v) is 14.9. The molecule has 0 radical (unpaired) electrons. The van der Waals surface area contributed by atoms with Crippen molar-refractivity contribution in [2.24, 2.45) is 0 Å². The molecule has 0 atom stereocenters. The van der Waals surface area contributed by atoms with Crippen molar-refractivity contribution in [1.29, 1.82) is 0 Å². The molecule has 1 aromatic carbocycles. The number of carbonyl (C=O) groups is 2. The SMILES string of the molecule is CCOC(=O)/C=C/c1ccc(N(CCOC)C(=O)c2ccncc2)cc1. The molecule has 6 heteroatoms. The third-order valence-electron chi connectivity index (χ3n) is 3.59. The molecule has 0 aliphatic carbocycles. The van der Waals surface area contributed by atoms with E-state index in [9.17, 15) is 9.59 Å². The van der Waals surface area contributed by atoms with E-state index in [1.807, 2.05) is 24.3 Å². The fourth-order valence-electron chi connectivity index (χ4n) is 2.30. The number of rotatable bonds is 8. The average Bonchev–Trinajstić information content (AvgIpc) is 2.68. The van der Waals surface area contributed by atoms with Gasteiger partial charge in [-0.2, -0.15) is 0 Å². The number of methoxy groups -OCH3 is 1. The average molecular weight is 354 g/mol. The third kappa shape index (κ3) is 5.53. The summed E-state index contributed by atoms with van der Waals surface area (Å²) in [5.74, 6) is -0.509. The van der Waals surface area contributed by atoms with Gasteiger partial charge in [-0.15, -0.1) is 0 Å². The molecule has 0 spiro atoms. The lowest BCUT2D eigenvalue weighted by Gasteiger charge is -2.22.